The monoisotopic (exact) mass is 450 g/mol. The van der Waals surface area contributed by atoms with Crippen LogP contribution in [0.2, 0.25) is 5.02 Å². The van der Waals surface area contributed by atoms with E-state index >= 15 is 0 Å². The van der Waals surface area contributed by atoms with Gasteiger partial charge in [0.25, 0.3) is 5.91 Å². The van der Waals surface area contributed by atoms with Gasteiger partial charge in [-0.25, -0.2) is 0 Å². The van der Waals surface area contributed by atoms with E-state index < -0.39 is 0 Å². The minimum absolute atomic E-state index is 0.187. The van der Waals surface area contributed by atoms with Crippen LogP contribution in [-0.2, 0) is 12.8 Å². The van der Waals surface area contributed by atoms with Crippen LogP contribution in [0.25, 0.3) is 5.65 Å². The number of methoxy groups -OCH3 is 1. The van der Waals surface area contributed by atoms with Crippen LogP contribution in [-0.4, -0.2) is 45.9 Å². The van der Waals surface area contributed by atoms with Crippen molar-refractivity contribution in [1.82, 2.24) is 25.1 Å². The van der Waals surface area contributed by atoms with Crippen molar-refractivity contribution in [3.63, 3.8) is 0 Å². The average Bonchev–Trinajstić information content (AvgIpc) is 3.21. The van der Waals surface area contributed by atoms with Crippen LogP contribution >= 0.6 is 11.6 Å². The van der Waals surface area contributed by atoms with Crippen LogP contribution in [0.4, 0.5) is 5.82 Å². The molecule has 0 aliphatic heterocycles. The molecule has 9 heteroatoms. The number of carbonyl (C=O) groups excluding carboxylic acids is 1. The number of fused-ring (bicyclic) bond motifs is 1. The predicted molar refractivity (Wildman–Crippen MR) is 123 cm³/mol. The largest absolute Gasteiger partial charge is 0.496 e. The van der Waals surface area contributed by atoms with Gasteiger partial charge in [-0.2, -0.15) is 4.52 Å². The van der Waals surface area contributed by atoms with Crippen molar-refractivity contribution in [2.45, 2.75) is 12.8 Å². The molecule has 0 saturated heterocycles. The number of nitrogens with zero attached hydrogens (tertiary/aromatic N) is 4. The Morgan fingerprint density at radius 2 is 1.91 bits per heavy atom. The number of hydrogen-bond donors (Lipinski definition) is 2. The lowest BCUT2D eigenvalue weighted by molar-refractivity contribution is 0.0954. The van der Waals surface area contributed by atoms with Gasteiger partial charge >= 0.3 is 0 Å². The van der Waals surface area contributed by atoms with Gasteiger partial charge < -0.3 is 15.4 Å². The van der Waals surface area contributed by atoms with Gasteiger partial charge in [-0.05, 0) is 48.4 Å². The molecule has 1 amide bonds. The third kappa shape index (κ3) is 5.15. The molecule has 32 heavy (non-hydrogen) atoms. The SMILES string of the molecule is COc1ccccc1CCNc1ccc2nnc(CCNC(=O)c3cccc(Cl)c3)n2n1. The second-order valence-electron chi connectivity index (χ2n) is 7.11. The Bertz CT molecular complexity index is 1230. The number of rotatable bonds is 9. The number of hydrogen-bond acceptors (Lipinski definition) is 6. The first-order chi connectivity index (χ1) is 15.6. The summed E-state index contributed by atoms with van der Waals surface area (Å²) in [6.07, 6.45) is 1.29. The molecule has 0 bridgehead atoms. The van der Waals surface area contributed by atoms with Crippen molar-refractivity contribution in [3.05, 3.63) is 82.6 Å². The molecule has 0 saturated carbocycles. The molecule has 0 aliphatic carbocycles. The summed E-state index contributed by atoms with van der Waals surface area (Å²) in [6.45, 7) is 1.10. The maximum Gasteiger partial charge on any atom is 0.251 e. The number of benzene rings is 2. The fourth-order valence-electron chi connectivity index (χ4n) is 3.34. The summed E-state index contributed by atoms with van der Waals surface area (Å²) < 4.78 is 7.09. The van der Waals surface area contributed by atoms with Crippen LogP contribution in [0.5, 0.6) is 5.75 Å². The minimum Gasteiger partial charge on any atom is -0.496 e. The normalized spacial score (nSPS) is 10.8. The van der Waals surface area contributed by atoms with E-state index in [4.69, 9.17) is 16.3 Å². The van der Waals surface area contributed by atoms with Crippen molar-refractivity contribution >= 4 is 29.0 Å². The van der Waals surface area contributed by atoms with E-state index in [2.05, 4.69) is 25.9 Å². The van der Waals surface area contributed by atoms with Crippen molar-refractivity contribution in [2.24, 2.45) is 0 Å². The fraction of sp³-hybridized carbons (Fsp3) is 0.217. The highest BCUT2D eigenvalue weighted by Gasteiger charge is 2.10. The molecule has 0 unspecified atom stereocenters. The standard InChI is InChI=1S/C23H23ClN6O2/c1-32-19-8-3-2-5-16(19)11-13-25-20-9-10-21-27-28-22(30(21)29-20)12-14-26-23(31)17-6-4-7-18(24)15-17/h2-10,15H,11-14H2,1H3,(H,25,29)(H,26,31). The maximum absolute atomic E-state index is 12.3. The van der Waals surface area contributed by atoms with Crippen LogP contribution < -0.4 is 15.4 Å². The average molecular weight is 451 g/mol. The molecule has 0 atom stereocenters. The van der Waals surface area contributed by atoms with E-state index in [0.717, 1.165) is 23.6 Å². The summed E-state index contributed by atoms with van der Waals surface area (Å²) in [5.41, 5.74) is 2.30. The Hall–Kier alpha value is -3.65. The Morgan fingerprint density at radius 3 is 2.75 bits per heavy atom. The predicted octanol–water partition coefficient (Wildman–Crippen LogP) is 3.41. The summed E-state index contributed by atoms with van der Waals surface area (Å²) in [5, 5.41) is 19.7. The number of halogens is 1. The molecule has 0 spiro atoms. The van der Waals surface area contributed by atoms with Crippen LogP contribution in [0, 0.1) is 0 Å². The third-order valence-electron chi connectivity index (χ3n) is 4.94. The number of anilines is 1. The first kappa shape index (κ1) is 21.6. The number of aromatic nitrogens is 4. The molecule has 8 nitrogen and oxygen atoms in total. The van der Waals surface area contributed by atoms with Gasteiger partial charge in [-0.3, -0.25) is 4.79 Å². The van der Waals surface area contributed by atoms with Gasteiger partial charge in [0.2, 0.25) is 0 Å². The second-order valence-corrected chi connectivity index (χ2v) is 7.55. The molecule has 2 heterocycles. The number of amides is 1. The zero-order chi connectivity index (χ0) is 22.3. The van der Waals surface area contributed by atoms with Gasteiger partial charge in [0.1, 0.15) is 11.6 Å². The first-order valence-corrected chi connectivity index (χ1v) is 10.6. The van der Waals surface area contributed by atoms with Crippen LogP contribution in [0.1, 0.15) is 21.7 Å². The molecule has 0 radical (unpaired) electrons. The molecule has 4 rings (SSSR count). The van der Waals surface area contributed by atoms with Crippen LogP contribution in [0.3, 0.4) is 0 Å². The van der Waals surface area contributed by atoms with Crippen LogP contribution in [0.15, 0.2) is 60.7 Å². The molecule has 2 aromatic carbocycles. The highest BCUT2D eigenvalue weighted by atomic mass is 35.5. The quantitative estimate of drug-likeness (QED) is 0.406. The Labute approximate surface area is 190 Å². The van der Waals surface area contributed by atoms with Crippen molar-refractivity contribution in [3.8, 4) is 5.75 Å². The maximum atomic E-state index is 12.3. The van der Waals surface area contributed by atoms with Gasteiger partial charge in [0, 0.05) is 30.1 Å². The lowest BCUT2D eigenvalue weighted by Crippen LogP contribution is -2.26. The smallest absolute Gasteiger partial charge is 0.251 e. The van der Waals surface area contributed by atoms with Gasteiger partial charge in [-0.1, -0.05) is 35.9 Å². The van der Waals surface area contributed by atoms with Gasteiger partial charge in [0.05, 0.1) is 7.11 Å². The van der Waals surface area contributed by atoms with E-state index in [1.807, 2.05) is 36.4 Å². The Kier molecular flexibility index (Phi) is 6.81. The summed E-state index contributed by atoms with van der Waals surface area (Å²) in [5.74, 6) is 2.07. The number of para-hydroxylation sites is 1. The second kappa shape index (κ2) is 10.1. The summed E-state index contributed by atoms with van der Waals surface area (Å²) in [4.78, 5) is 12.3. The van der Waals surface area contributed by atoms with E-state index in [-0.39, 0.29) is 5.91 Å². The summed E-state index contributed by atoms with van der Waals surface area (Å²) in [7, 11) is 1.67. The molecule has 4 aromatic rings. The molecule has 2 aromatic heterocycles. The fourth-order valence-corrected chi connectivity index (χ4v) is 3.53. The lowest BCUT2D eigenvalue weighted by Gasteiger charge is -2.09. The zero-order valence-electron chi connectivity index (χ0n) is 17.6. The van der Waals surface area contributed by atoms with E-state index in [1.165, 1.54) is 0 Å². The molecule has 164 valence electrons. The van der Waals surface area contributed by atoms with E-state index in [0.29, 0.717) is 41.6 Å². The zero-order valence-corrected chi connectivity index (χ0v) is 18.3. The van der Waals surface area contributed by atoms with Crippen molar-refractivity contribution in [2.75, 3.05) is 25.5 Å². The Balaban J connectivity index is 1.35. The number of carbonyl (C=O) groups is 1. The van der Waals surface area contributed by atoms with Gasteiger partial charge in [0.15, 0.2) is 11.5 Å². The lowest BCUT2D eigenvalue weighted by atomic mass is 10.1. The van der Waals surface area contributed by atoms with Gasteiger partial charge in [-0.15, -0.1) is 15.3 Å². The third-order valence-corrected chi connectivity index (χ3v) is 5.18. The van der Waals surface area contributed by atoms with E-state index in [1.54, 1.807) is 35.9 Å². The highest BCUT2D eigenvalue weighted by molar-refractivity contribution is 6.30. The molecule has 2 N–H and O–H groups in total. The number of nitrogens with one attached hydrogen (secondary N) is 2. The molecule has 0 aliphatic rings. The number of ether oxygens (including phenoxy) is 1. The minimum atomic E-state index is -0.187. The molecular weight excluding hydrogens is 428 g/mol. The molecular formula is C23H23ClN6O2. The van der Waals surface area contributed by atoms with Crippen molar-refractivity contribution in [1.29, 1.82) is 0 Å². The van der Waals surface area contributed by atoms with E-state index in [9.17, 15) is 4.79 Å². The molecule has 0 fully saturated rings. The van der Waals surface area contributed by atoms with Crippen molar-refractivity contribution < 1.29 is 9.53 Å². The summed E-state index contributed by atoms with van der Waals surface area (Å²) in [6, 6.07) is 18.5. The Morgan fingerprint density at radius 1 is 1.03 bits per heavy atom. The summed E-state index contributed by atoms with van der Waals surface area (Å²) >= 11 is 5.95. The topological polar surface area (TPSA) is 93.4 Å². The highest BCUT2D eigenvalue weighted by Crippen LogP contribution is 2.18. The first-order valence-electron chi connectivity index (χ1n) is 10.2.